The number of nitrogens with zero attached hydrogens (tertiary/aromatic N) is 1. The first kappa shape index (κ1) is 22.6. The molecule has 0 aliphatic heterocycles. The van der Waals surface area contributed by atoms with Gasteiger partial charge in [0, 0.05) is 18.3 Å². The van der Waals surface area contributed by atoms with Crippen LogP contribution in [0.5, 0.6) is 0 Å². The van der Waals surface area contributed by atoms with E-state index in [0.717, 1.165) is 11.6 Å². The minimum Gasteiger partial charge on any atom is -0.462 e. The Morgan fingerprint density at radius 3 is 2.39 bits per heavy atom. The number of aromatic nitrogens is 1. The number of carbonyl (C=O) groups is 1. The molecular weight excluding hydrogens is 407 g/mol. The number of carbonyl (C=O) groups excluding carboxylic acids is 1. The van der Waals surface area contributed by atoms with Crippen molar-refractivity contribution in [3.63, 3.8) is 0 Å². The molecule has 0 saturated heterocycles. The van der Waals surface area contributed by atoms with Crippen molar-refractivity contribution < 1.29 is 27.4 Å². The molecule has 0 amide bonds. The third kappa shape index (κ3) is 5.35. The van der Waals surface area contributed by atoms with Gasteiger partial charge in [0.05, 0.1) is 36.6 Å². The van der Waals surface area contributed by atoms with Crippen LogP contribution in [-0.4, -0.2) is 23.8 Å². The molecule has 7 heteroatoms. The van der Waals surface area contributed by atoms with Crippen LogP contribution >= 0.6 is 0 Å². The average Bonchev–Trinajstić information content (AvgIpc) is 3.07. The zero-order valence-electron chi connectivity index (χ0n) is 17.4. The maximum absolute atomic E-state index is 13.7. The van der Waals surface area contributed by atoms with E-state index in [4.69, 9.17) is 9.47 Å². The zero-order valence-corrected chi connectivity index (χ0v) is 17.4. The number of esters is 1. The number of alkyl halides is 3. The largest absolute Gasteiger partial charge is 0.462 e. The number of rotatable bonds is 8. The highest BCUT2D eigenvalue weighted by molar-refractivity contribution is 5.93. The van der Waals surface area contributed by atoms with Crippen LogP contribution in [-0.2, 0) is 28.8 Å². The Morgan fingerprint density at radius 2 is 1.71 bits per heavy atom. The fraction of sp³-hybridized carbons (Fsp3) is 0.292. The number of hydrogen-bond acceptors (Lipinski definition) is 3. The molecule has 3 rings (SSSR count). The van der Waals surface area contributed by atoms with Gasteiger partial charge in [-0.05, 0) is 31.0 Å². The molecule has 0 saturated carbocycles. The fourth-order valence-corrected chi connectivity index (χ4v) is 3.47. The molecule has 164 valence electrons. The van der Waals surface area contributed by atoms with Gasteiger partial charge in [0.15, 0.2) is 0 Å². The molecule has 4 nitrogen and oxygen atoms in total. The lowest BCUT2D eigenvalue weighted by molar-refractivity contribution is -0.137. The molecule has 0 bridgehead atoms. The standard InChI is InChI=1S/C24H24F3NO3/c1-3-31-23(29)20-15-28(13-14-30-16-18-9-5-4-6-10-18)22(17(20)2)19-11-7-8-12-21(19)24(25,26)27/h4-12,15H,3,13-14,16H2,1-2H3. The van der Waals surface area contributed by atoms with Crippen LogP contribution in [0.25, 0.3) is 11.3 Å². The summed E-state index contributed by atoms with van der Waals surface area (Å²) in [4.78, 5) is 12.4. The van der Waals surface area contributed by atoms with E-state index in [9.17, 15) is 18.0 Å². The van der Waals surface area contributed by atoms with E-state index in [1.54, 1.807) is 30.7 Å². The predicted octanol–water partition coefficient (Wildman–Crippen LogP) is 5.88. The summed E-state index contributed by atoms with van der Waals surface area (Å²) >= 11 is 0. The predicted molar refractivity (Wildman–Crippen MR) is 112 cm³/mol. The Morgan fingerprint density at radius 1 is 1.03 bits per heavy atom. The SMILES string of the molecule is CCOC(=O)c1cn(CCOCc2ccccc2)c(-c2ccccc2C(F)(F)F)c1C. The molecule has 31 heavy (non-hydrogen) atoms. The first-order valence-electron chi connectivity index (χ1n) is 9.98. The van der Waals surface area contributed by atoms with Gasteiger partial charge >= 0.3 is 12.1 Å². The first-order valence-corrected chi connectivity index (χ1v) is 9.98. The monoisotopic (exact) mass is 431 g/mol. The van der Waals surface area contributed by atoms with Crippen molar-refractivity contribution in [3.8, 4) is 11.3 Å². The smallest absolute Gasteiger partial charge is 0.417 e. The van der Waals surface area contributed by atoms with E-state index < -0.39 is 17.7 Å². The van der Waals surface area contributed by atoms with Crippen LogP contribution in [0, 0.1) is 6.92 Å². The highest BCUT2D eigenvalue weighted by atomic mass is 19.4. The Hall–Kier alpha value is -3.06. The Balaban J connectivity index is 1.93. The minimum atomic E-state index is -4.52. The van der Waals surface area contributed by atoms with Crippen LogP contribution in [0.15, 0.2) is 60.8 Å². The van der Waals surface area contributed by atoms with E-state index in [1.165, 1.54) is 12.1 Å². The number of halogens is 3. The molecule has 3 aromatic rings. The van der Waals surface area contributed by atoms with Crippen molar-refractivity contribution in [2.45, 2.75) is 33.2 Å². The highest BCUT2D eigenvalue weighted by Crippen LogP contribution is 2.39. The second-order valence-corrected chi connectivity index (χ2v) is 7.01. The molecular formula is C24H24F3NO3. The molecule has 2 aromatic carbocycles. The Bertz CT molecular complexity index is 1030. The maximum atomic E-state index is 13.7. The summed E-state index contributed by atoms with van der Waals surface area (Å²) in [6.07, 6.45) is -2.98. The molecule has 0 aliphatic rings. The fourth-order valence-electron chi connectivity index (χ4n) is 3.47. The first-order chi connectivity index (χ1) is 14.8. The summed E-state index contributed by atoms with van der Waals surface area (Å²) in [5.41, 5.74) is 1.29. The van der Waals surface area contributed by atoms with Crippen molar-refractivity contribution in [1.82, 2.24) is 4.57 Å². The lowest BCUT2D eigenvalue weighted by atomic mass is 10.00. The molecule has 1 aromatic heterocycles. The Labute approximate surface area is 179 Å². The molecule has 0 spiro atoms. The van der Waals surface area contributed by atoms with E-state index in [1.807, 2.05) is 30.3 Å². The molecule has 0 atom stereocenters. The van der Waals surface area contributed by atoms with Gasteiger partial charge in [-0.1, -0.05) is 48.5 Å². The van der Waals surface area contributed by atoms with E-state index in [-0.39, 0.29) is 30.9 Å². The molecule has 0 radical (unpaired) electrons. The van der Waals surface area contributed by atoms with Gasteiger partial charge in [-0.15, -0.1) is 0 Å². The van der Waals surface area contributed by atoms with Crippen molar-refractivity contribution in [2.24, 2.45) is 0 Å². The quantitative estimate of drug-likeness (QED) is 0.331. The number of ether oxygens (including phenoxy) is 2. The number of hydrogen-bond donors (Lipinski definition) is 0. The minimum absolute atomic E-state index is 0.0195. The zero-order chi connectivity index (χ0) is 22.4. The van der Waals surface area contributed by atoms with Crippen LogP contribution in [0.4, 0.5) is 13.2 Å². The topological polar surface area (TPSA) is 40.5 Å². The third-order valence-electron chi connectivity index (χ3n) is 4.90. The molecule has 1 heterocycles. The van der Waals surface area contributed by atoms with Gasteiger partial charge in [0.2, 0.25) is 0 Å². The number of benzene rings is 2. The lowest BCUT2D eigenvalue weighted by Gasteiger charge is -2.16. The average molecular weight is 431 g/mol. The summed E-state index contributed by atoms with van der Waals surface area (Å²) in [6, 6.07) is 15.0. The maximum Gasteiger partial charge on any atom is 0.417 e. The lowest BCUT2D eigenvalue weighted by Crippen LogP contribution is -2.11. The summed E-state index contributed by atoms with van der Waals surface area (Å²) in [5, 5.41) is 0. The summed E-state index contributed by atoms with van der Waals surface area (Å²) in [5.74, 6) is -0.560. The van der Waals surface area contributed by atoms with E-state index in [2.05, 4.69) is 0 Å². The molecule has 0 unspecified atom stereocenters. The molecule has 0 N–H and O–H groups in total. The summed E-state index contributed by atoms with van der Waals surface area (Å²) in [6.45, 7) is 4.44. The van der Waals surface area contributed by atoms with Gasteiger partial charge in [0.25, 0.3) is 0 Å². The molecule has 0 fully saturated rings. The van der Waals surface area contributed by atoms with Gasteiger partial charge in [-0.3, -0.25) is 0 Å². The van der Waals surface area contributed by atoms with Gasteiger partial charge in [0.1, 0.15) is 0 Å². The van der Waals surface area contributed by atoms with Gasteiger partial charge in [-0.2, -0.15) is 13.2 Å². The van der Waals surface area contributed by atoms with Gasteiger partial charge < -0.3 is 14.0 Å². The summed E-state index contributed by atoms with van der Waals surface area (Å²) < 4.78 is 53.4. The van der Waals surface area contributed by atoms with Crippen molar-refractivity contribution in [3.05, 3.63) is 83.0 Å². The second kappa shape index (κ2) is 9.83. The normalized spacial score (nSPS) is 11.5. The van der Waals surface area contributed by atoms with E-state index in [0.29, 0.717) is 17.9 Å². The molecule has 0 aliphatic carbocycles. The van der Waals surface area contributed by atoms with E-state index >= 15 is 0 Å². The van der Waals surface area contributed by atoms with Crippen LogP contribution in [0.2, 0.25) is 0 Å². The summed E-state index contributed by atoms with van der Waals surface area (Å²) in [7, 11) is 0. The van der Waals surface area contributed by atoms with Crippen molar-refractivity contribution in [2.75, 3.05) is 13.2 Å². The van der Waals surface area contributed by atoms with Crippen LogP contribution in [0.3, 0.4) is 0 Å². The van der Waals surface area contributed by atoms with Crippen LogP contribution < -0.4 is 0 Å². The highest BCUT2D eigenvalue weighted by Gasteiger charge is 2.35. The van der Waals surface area contributed by atoms with Crippen LogP contribution in [0.1, 0.15) is 34.0 Å². The third-order valence-corrected chi connectivity index (χ3v) is 4.90. The second-order valence-electron chi connectivity index (χ2n) is 7.01. The van der Waals surface area contributed by atoms with Crippen molar-refractivity contribution in [1.29, 1.82) is 0 Å². The van der Waals surface area contributed by atoms with Gasteiger partial charge in [-0.25, -0.2) is 4.79 Å². The Kier molecular flexibility index (Phi) is 7.17. The van der Waals surface area contributed by atoms with Crippen molar-refractivity contribution >= 4 is 5.97 Å².